The third-order valence-corrected chi connectivity index (χ3v) is 6.26. The van der Waals surface area contributed by atoms with Crippen LogP contribution in [0.2, 0.25) is 0 Å². The van der Waals surface area contributed by atoms with Crippen molar-refractivity contribution in [3.63, 3.8) is 0 Å². The Labute approximate surface area is 108 Å². The number of hydrogen-bond donors (Lipinski definition) is 1. The van der Waals surface area contributed by atoms with Crippen molar-refractivity contribution in [2.24, 2.45) is 5.73 Å². The van der Waals surface area contributed by atoms with Gasteiger partial charge in [-0.05, 0) is 30.4 Å². The minimum atomic E-state index is -3.14. The normalized spacial score (nSPS) is 24.8. The van der Waals surface area contributed by atoms with Gasteiger partial charge in [-0.25, -0.2) is 8.42 Å². The molecular formula is C13H18N2O2S. The average Bonchev–Trinajstić information content (AvgIpc) is 3.21. The molecule has 2 N–H and O–H groups in total. The molecule has 0 aromatic heterocycles. The first kappa shape index (κ1) is 12.1. The first-order chi connectivity index (χ1) is 8.64. The lowest BCUT2D eigenvalue weighted by Gasteiger charge is -2.35. The Hall–Kier alpha value is -0.910. The van der Waals surface area contributed by atoms with Crippen molar-refractivity contribution in [1.82, 2.24) is 4.31 Å². The Morgan fingerprint density at radius 3 is 2.67 bits per heavy atom. The second kappa shape index (κ2) is 4.33. The van der Waals surface area contributed by atoms with Crippen LogP contribution >= 0.6 is 0 Å². The van der Waals surface area contributed by atoms with Gasteiger partial charge in [-0.1, -0.05) is 24.3 Å². The molecule has 1 aliphatic carbocycles. The standard InChI is InChI=1S/C13H18N2O2S/c14-9-13-12-4-2-1-3-10(12)7-8-15(13)18(16,17)11-5-6-11/h1-4,11,13H,5-9,14H2. The van der Waals surface area contributed by atoms with E-state index in [1.807, 2.05) is 18.2 Å². The molecule has 0 radical (unpaired) electrons. The van der Waals surface area contributed by atoms with Gasteiger partial charge in [0.25, 0.3) is 0 Å². The zero-order valence-corrected chi connectivity index (χ0v) is 11.1. The van der Waals surface area contributed by atoms with Gasteiger partial charge in [0.15, 0.2) is 0 Å². The third-order valence-electron chi connectivity index (χ3n) is 3.86. The Morgan fingerprint density at radius 1 is 1.28 bits per heavy atom. The molecule has 1 aliphatic heterocycles. The molecule has 5 heteroatoms. The van der Waals surface area contributed by atoms with Gasteiger partial charge < -0.3 is 5.73 Å². The summed E-state index contributed by atoms with van der Waals surface area (Å²) in [6.07, 6.45) is 2.40. The smallest absolute Gasteiger partial charge is 0.217 e. The van der Waals surface area contributed by atoms with Gasteiger partial charge in [0.2, 0.25) is 10.0 Å². The largest absolute Gasteiger partial charge is 0.329 e. The number of sulfonamides is 1. The molecule has 0 bridgehead atoms. The molecule has 3 rings (SSSR count). The van der Waals surface area contributed by atoms with Crippen molar-refractivity contribution in [3.8, 4) is 0 Å². The van der Waals surface area contributed by atoms with Crippen molar-refractivity contribution in [2.75, 3.05) is 13.1 Å². The highest BCUT2D eigenvalue weighted by molar-refractivity contribution is 7.90. The van der Waals surface area contributed by atoms with Gasteiger partial charge in [0, 0.05) is 13.1 Å². The molecule has 0 spiro atoms. The predicted octanol–water partition coefficient (Wildman–Crippen LogP) is 1.04. The molecule has 1 aromatic carbocycles. The molecule has 1 aromatic rings. The minimum Gasteiger partial charge on any atom is -0.329 e. The lowest BCUT2D eigenvalue weighted by Crippen LogP contribution is -2.44. The Kier molecular flexibility index (Phi) is 2.92. The Balaban J connectivity index is 1.99. The van der Waals surface area contributed by atoms with Gasteiger partial charge in [-0.3, -0.25) is 0 Å². The summed E-state index contributed by atoms with van der Waals surface area (Å²) in [7, 11) is -3.14. The van der Waals surface area contributed by atoms with E-state index in [0.29, 0.717) is 13.1 Å². The quantitative estimate of drug-likeness (QED) is 0.889. The van der Waals surface area contributed by atoms with Crippen LogP contribution in [0, 0.1) is 0 Å². The first-order valence-electron chi connectivity index (χ1n) is 6.43. The van der Waals surface area contributed by atoms with Gasteiger partial charge >= 0.3 is 0 Å². The summed E-state index contributed by atoms with van der Waals surface area (Å²) in [6, 6.07) is 7.84. The van der Waals surface area contributed by atoms with Crippen molar-refractivity contribution in [3.05, 3.63) is 35.4 Å². The van der Waals surface area contributed by atoms with E-state index in [4.69, 9.17) is 5.73 Å². The van der Waals surface area contributed by atoms with Crippen LogP contribution in [0.4, 0.5) is 0 Å². The fourth-order valence-corrected chi connectivity index (χ4v) is 4.75. The van der Waals surface area contributed by atoms with E-state index >= 15 is 0 Å². The zero-order valence-electron chi connectivity index (χ0n) is 10.2. The summed E-state index contributed by atoms with van der Waals surface area (Å²) in [5.41, 5.74) is 8.13. The number of nitrogens with zero attached hydrogens (tertiary/aromatic N) is 1. The molecule has 2 aliphatic rings. The number of benzene rings is 1. The van der Waals surface area contributed by atoms with Crippen molar-refractivity contribution >= 4 is 10.0 Å². The van der Waals surface area contributed by atoms with E-state index in [1.54, 1.807) is 4.31 Å². The van der Waals surface area contributed by atoms with Crippen LogP contribution in [0.15, 0.2) is 24.3 Å². The van der Waals surface area contributed by atoms with Crippen LogP contribution in [0.3, 0.4) is 0 Å². The SMILES string of the molecule is NCC1c2ccccc2CCN1S(=O)(=O)C1CC1. The molecule has 0 amide bonds. The zero-order chi connectivity index (χ0) is 12.8. The fraction of sp³-hybridized carbons (Fsp3) is 0.538. The molecule has 4 nitrogen and oxygen atoms in total. The van der Waals surface area contributed by atoms with Gasteiger partial charge in [0.1, 0.15) is 0 Å². The number of hydrogen-bond acceptors (Lipinski definition) is 3. The highest BCUT2D eigenvalue weighted by Gasteiger charge is 2.44. The lowest BCUT2D eigenvalue weighted by atomic mass is 9.94. The molecule has 1 heterocycles. The van der Waals surface area contributed by atoms with Crippen LogP contribution in [0.25, 0.3) is 0 Å². The summed E-state index contributed by atoms with van der Waals surface area (Å²) < 4.78 is 26.4. The molecule has 98 valence electrons. The topological polar surface area (TPSA) is 63.4 Å². The molecular weight excluding hydrogens is 248 g/mol. The molecule has 1 saturated carbocycles. The fourth-order valence-electron chi connectivity index (χ4n) is 2.74. The van der Waals surface area contributed by atoms with E-state index in [1.165, 1.54) is 5.56 Å². The van der Waals surface area contributed by atoms with Crippen LogP contribution in [0.1, 0.15) is 30.0 Å². The van der Waals surface area contributed by atoms with Crippen molar-refractivity contribution in [1.29, 1.82) is 0 Å². The number of fused-ring (bicyclic) bond motifs is 1. The summed E-state index contributed by atoms with van der Waals surface area (Å²) in [6.45, 7) is 0.917. The first-order valence-corrected chi connectivity index (χ1v) is 7.93. The number of nitrogens with two attached hydrogens (primary N) is 1. The van der Waals surface area contributed by atoms with E-state index in [0.717, 1.165) is 24.8 Å². The minimum absolute atomic E-state index is 0.156. The second-order valence-electron chi connectivity index (χ2n) is 5.06. The van der Waals surface area contributed by atoms with Crippen molar-refractivity contribution < 1.29 is 8.42 Å². The van der Waals surface area contributed by atoms with Crippen LogP contribution in [0.5, 0.6) is 0 Å². The maximum Gasteiger partial charge on any atom is 0.217 e. The molecule has 1 fully saturated rings. The second-order valence-corrected chi connectivity index (χ2v) is 7.22. The van der Waals surface area contributed by atoms with Gasteiger partial charge in [0.05, 0.1) is 11.3 Å². The summed E-state index contributed by atoms with van der Waals surface area (Å²) in [5.74, 6) is 0. The summed E-state index contributed by atoms with van der Waals surface area (Å²) in [4.78, 5) is 0. The average molecular weight is 266 g/mol. The van der Waals surface area contributed by atoms with Crippen LogP contribution in [-0.2, 0) is 16.4 Å². The predicted molar refractivity (Wildman–Crippen MR) is 70.6 cm³/mol. The van der Waals surface area contributed by atoms with E-state index in [-0.39, 0.29) is 11.3 Å². The maximum absolute atomic E-state index is 12.4. The molecule has 18 heavy (non-hydrogen) atoms. The molecule has 0 saturated heterocycles. The highest BCUT2D eigenvalue weighted by Crippen LogP contribution is 2.38. The van der Waals surface area contributed by atoms with E-state index < -0.39 is 10.0 Å². The molecule has 1 unspecified atom stereocenters. The van der Waals surface area contributed by atoms with E-state index in [9.17, 15) is 8.42 Å². The van der Waals surface area contributed by atoms with Crippen LogP contribution in [-0.4, -0.2) is 31.1 Å². The highest BCUT2D eigenvalue weighted by atomic mass is 32.2. The number of rotatable bonds is 3. The molecule has 1 atom stereocenters. The van der Waals surface area contributed by atoms with Gasteiger partial charge in [-0.15, -0.1) is 0 Å². The van der Waals surface area contributed by atoms with Crippen LogP contribution < -0.4 is 5.73 Å². The maximum atomic E-state index is 12.4. The monoisotopic (exact) mass is 266 g/mol. The Bertz CT molecular complexity index is 552. The summed E-state index contributed by atoms with van der Waals surface area (Å²) >= 11 is 0. The summed E-state index contributed by atoms with van der Waals surface area (Å²) in [5, 5.41) is -0.156. The lowest BCUT2D eigenvalue weighted by molar-refractivity contribution is 0.312. The van der Waals surface area contributed by atoms with E-state index in [2.05, 4.69) is 6.07 Å². The third kappa shape index (κ3) is 1.86. The van der Waals surface area contributed by atoms with Crippen molar-refractivity contribution in [2.45, 2.75) is 30.6 Å². The van der Waals surface area contributed by atoms with Gasteiger partial charge in [-0.2, -0.15) is 4.31 Å². The Morgan fingerprint density at radius 2 is 2.00 bits per heavy atom.